The highest BCUT2D eigenvalue weighted by Gasteiger charge is 2.31. The highest BCUT2D eigenvalue weighted by molar-refractivity contribution is 14.0. The molecule has 1 aromatic rings. The Labute approximate surface area is 199 Å². The number of halogens is 1. The third kappa shape index (κ3) is 6.82. The first kappa shape index (κ1) is 25.4. The van der Waals surface area contributed by atoms with Gasteiger partial charge < -0.3 is 15.1 Å². The first-order chi connectivity index (χ1) is 13.9. The summed E-state index contributed by atoms with van der Waals surface area (Å²) in [6, 6.07) is 1.08. The second kappa shape index (κ2) is 11.7. The zero-order chi connectivity index (χ0) is 21.0. The average molecular weight is 533 g/mol. The van der Waals surface area contributed by atoms with Crippen LogP contribution in [0, 0.1) is 25.7 Å². The molecule has 0 aliphatic carbocycles. The molecule has 8 heteroatoms. The Morgan fingerprint density at radius 3 is 2.47 bits per heavy atom. The quantitative estimate of drug-likeness (QED) is 0.334. The van der Waals surface area contributed by atoms with Crippen LogP contribution < -0.4 is 10.6 Å². The second-order valence-electron chi connectivity index (χ2n) is 9.20. The van der Waals surface area contributed by atoms with Crippen molar-refractivity contribution in [1.82, 2.24) is 25.4 Å². The number of piperidine rings is 1. The molecule has 172 valence electrons. The van der Waals surface area contributed by atoms with E-state index in [1.807, 2.05) is 20.9 Å². The van der Waals surface area contributed by atoms with E-state index >= 15 is 0 Å². The topological polar surface area (TPSA) is 68.9 Å². The molecule has 3 rings (SSSR count). The number of guanidine groups is 1. The molecule has 2 unspecified atom stereocenters. The van der Waals surface area contributed by atoms with Crippen LogP contribution in [0.1, 0.15) is 51.0 Å². The maximum atomic E-state index is 5.74. The van der Waals surface area contributed by atoms with Gasteiger partial charge in [0.25, 0.3) is 0 Å². The minimum atomic E-state index is 0. The largest absolute Gasteiger partial charge is 0.444 e. The maximum absolute atomic E-state index is 5.74. The molecule has 1 aromatic heterocycles. The van der Waals surface area contributed by atoms with E-state index in [9.17, 15) is 0 Å². The Kier molecular flexibility index (Phi) is 9.87. The zero-order valence-electron chi connectivity index (χ0n) is 19.6. The standard InChI is InChI=1S/C22H40N6O.HI/c1-15(2)28-12-16(3)20(13-28)26-22(23-6)24-11-19-7-9-27(10-8-19)14-21-25-17(4)18(5)29-21;/h15-16,19-20H,7-14H2,1-6H3,(H2,23,24,26);1H. The number of aliphatic imine (C=N–C) groups is 1. The molecule has 0 amide bonds. The lowest BCUT2D eigenvalue weighted by Gasteiger charge is -2.31. The van der Waals surface area contributed by atoms with E-state index in [-0.39, 0.29) is 24.0 Å². The molecule has 2 N–H and O–H groups in total. The molecule has 0 aromatic carbocycles. The van der Waals surface area contributed by atoms with Gasteiger partial charge in [-0.1, -0.05) is 6.92 Å². The van der Waals surface area contributed by atoms with Gasteiger partial charge in [0.1, 0.15) is 5.76 Å². The van der Waals surface area contributed by atoms with Gasteiger partial charge in [-0.15, -0.1) is 24.0 Å². The highest BCUT2D eigenvalue weighted by Crippen LogP contribution is 2.20. The molecule has 0 bridgehead atoms. The van der Waals surface area contributed by atoms with Gasteiger partial charge in [0, 0.05) is 38.8 Å². The summed E-state index contributed by atoms with van der Waals surface area (Å²) >= 11 is 0. The summed E-state index contributed by atoms with van der Waals surface area (Å²) in [6.07, 6.45) is 2.40. The van der Waals surface area contributed by atoms with Crippen LogP contribution in [0.3, 0.4) is 0 Å². The third-order valence-electron chi connectivity index (χ3n) is 6.61. The number of aryl methyl sites for hydroxylation is 2. The Morgan fingerprint density at radius 1 is 1.23 bits per heavy atom. The summed E-state index contributed by atoms with van der Waals surface area (Å²) in [7, 11) is 1.87. The Bertz CT molecular complexity index is 664. The second-order valence-corrected chi connectivity index (χ2v) is 9.20. The van der Waals surface area contributed by atoms with Crippen LogP contribution in [0.25, 0.3) is 0 Å². The van der Waals surface area contributed by atoms with Crippen molar-refractivity contribution in [2.45, 2.75) is 66.1 Å². The first-order valence-electron chi connectivity index (χ1n) is 11.2. The van der Waals surface area contributed by atoms with Crippen molar-refractivity contribution in [3.05, 3.63) is 17.3 Å². The zero-order valence-corrected chi connectivity index (χ0v) is 21.9. The molecule has 0 spiro atoms. The van der Waals surface area contributed by atoms with E-state index in [1.54, 1.807) is 0 Å². The van der Waals surface area contributed by atoms with Crippen molar-refractivity contribution < 1.29 is 4.42 Å². The summed E-state index contributed by atoms with van der Waals surface area (Å²) in [5, 5.41) is 7.23. The molecule has 2 aliphatic heterocycles. The van der Waals surface area contributed by atoms with Crippen molar-refractivity contribution in [3.8, 4) is 0 Å². The van der Waals surface area contributed by atoms with Crippen LogP contribution in [0.15, 0.2) is 9.41 Å². The number of nitrogens with zero attached hydrogens (tertiary/aromatic N) is 4. The molecule has 0 radical (unpaired) electrons. The number of hydrogen-bond donors (Lipinski definition) is 2. The fourth-order valence-corrected chi connectivity index (χ4v) is 4.37. The maximum Gasteiger partial charge on any atom is 0.208 e. The predicted octanol–water partition coefficient (Wildman–Crippen LogP) is 3.02. The van der Waals surface area contributed by atoms with E-state index in [0.717, 1.165) is 62.6 Å². The van der Waals surface area contributed by atoms with Gasteiger partial charge in [0.15, 0.2) is 5.96 Å². The van der Waals surface area contributed by atoms with Crippen LogP contribution in [-0.2, 0) is 6.54 Å². The SMILES string of the molecule is CN=C(NCC1CCN(Cc2nc(C)c(C)o2)CC1)NC1CN(C(C)C)CC1C.I. The Balaban J connectivity index is 0.00000320. The molecule has 2 fully saturated rings. The molecule has 30 heavy (non-hydrogen) atoms. The molecule has 0 saturated carbocycles. The Hall–Kier alpha value is -0.870. The predicted molar refractivity (Wildman–Crippen MR) is 134 cm³/mol. The monoisotopic (exact) mass is 532 g/mol. The minimum Gasteiger partial charge on any atom is -0.444 e. The summed E-state index contributed by atoms with van der Waals surface area (Å²) in [4.78, 5) is 14.0. The van der Waals surface area contributed by atoms with E-state index in [2.05, 4.69) is 51.2 Å². The summed E-state index contributed by atoms with van der Waals surface area (Å²) in [5.74, 6) is 4.06. The van der Waals surface area contributed by atoms with Crippen molar-refractivity contribution in [2.75, 3.05) is 39.8 Å². The lowest BCUT2D eigenvalue weighted by atomic mass is 9.97. The molecule has 7 nitrogen and oxygen atoms in total. The van der Waals surface area contributed by atoms with Crippen LogP contribution in [0.2, 0.25) is 0 Å². The normalized spacial score (nSPS) is 24.3. The van der Waals surface area contributed by atoms with E-state index < -0.39 is 0 Å². The molecule has 3 heterocycles. The highest BCUT2D eigenvalue weighted by atomic mass is 127. The summed E-state index contributed by atoms with van der Waals surface area (Å²) < 4.78 is 5.74. The van der Waals surface area contributed by atoms with Gasteiger partial charge in [0.2, 0.25) is 5.89 Å². The number of rotatable bonds is 6. The van der Waals surface area contributed by atoms with E-state index in [1.165, 1.54) is 12.8 Å². The Morgan fingerprint density at radius 2 is 1.93 bits per heavy atom. The van der Waals surface area contributed by atoms with Gasteiger partial charge >= 0.3 is 0 Å². The molecular weight excluding hydrogens is 491 g/mol. The van der Waals surface area contributed by atoms with Crippen molar-refractivity contribution >= 4 is 29.9 Å². The van der Waals surface area contributed by atoms with Crippen molar-refractivity contribution in [1.29, 1.82) is 0 Å². The first-order valence-corrected chi connectivity index (χ1v) is 11.2. The molecular formula is C22H41IN6O. The van der Waals surface area contributed by atoms with Crippen molar-refractivity contribution in [2.24, 2.45) is 16.8 Å². The van der Waals surface area contributed by atoms with Gasteiger partial charge in [-0.05, 0) is 65.5 Å². The summed E-state index contributed by atoms with van der Waals surface area (Å²) in [5.41, 5.74) is 1.01. The number of nitrogens with one attached hydrogen (secondary N) is 2. The van der Waals surface area contributed by atoms with Crippen LogP contribution >= 0.6 is 24.0 Å². The molecule has 2 atom stereocenters. The minimum absolute atomic E-state index is 0. The lowest BCUT2D eigenvalue weighted by Crippen LogP contribution is -2.48. The van der Waals surface area contributed by atoms with Crippen molar-refractivity contribution in [3.63, 3.8) is 0 Å². The number of hydrogen-bond acceptors (Lipinski definition) is 5. The molecule has 2 aliphatic rings. The molecule has 2 saturated heterocycles. The fourth-order valence-electron chi connectivity index (χ4n) is 4.37. The summed E-state index contributed by atoms with van der Waals surface area (Å²) in [6.45, 7) is 17.1. The van der Waals surface area contributed by atoms with Gasteiger partial charge in [0.05, 0.1) is 12.2 Å². The lowest BCUT2D eigenvalue weighted by molar-refractivity contribution is 0.164. The van der Waals surface area contributed by atoms with E-state index in [4.69, 9.17) is 4.42 Å². The van der Waals surface area contributed by atoms with Gasteiger partial charge in [-0.3, -0.25) is 14.8 Å². The van der Waals surface area contributed by atoms with Crippen LogP contribution in [-0.4, -0.2) is 72.6 Å². The average Bonchev–Trinajstić information content (AvgIpc) is 3.21. The van der Waals surface area contributed by atoms with Gasteiger partial charge in [-0.2, -0.15) is 0 Å². The van der Waals surface area contributed by atoms with E-state index in [0.29, 0.717) is 23.9 Å². The fraction of sp³-hybridized carbons (Fsp3) is 0.818. The number of aromatic nitrogens is 1. The van der Waals surface area contributed by atoms with Gasteiger partial charge in [-0.25, -0.2) is 4.98 Å². The smallest absolute Gasteiger partial charge is 0.208 e. The number of likely N-dealkylation sites (tertiary alicyclic amines) is 2. The van der Waals surface area contributed by atoms with Crippen LogP contribution in [0.5, 0.6) is 0 Å². The van der Waals surface area contributed by atoms with Crippen LogP contribution in [0.4, 0.5) is 0 Å². The third-order valence-corrected chi connectivity index (χ3v) is 6.61. The number of oxazole rings is 1.